The van der Waals surface area contributed by atoms with Crippen molar-refractivity contribution in [1.29, 1.82) is 0 Å². The van der Waals surface area contributed by atoms with Gasteiger partial charge in [-0.1, -0.05) is 24.6 Å². The van der Waals surface area contributed by atoms with Crippen LogP contribution in [-0.4, -0.2) is 59.5 Å². The third-order valence-corrected chi connectivity index (χ3v) is 5.83. The smallest absolute Gasteiger partial charge is 0.222 e. The first kappa shape index (κ1) is 21.4. The van der Waals surface area contributed by atoms with Crippen LogP contribution in [0.4, 0.5) is 0 Å². The van der Waals surface area contributed by atoms with Gasteiger partial charge in [-0.2, -0.15) is 0 Å². The Bertz CT molecular complexity index is 622. The van der Waals surface area contributed by atoms with Gasteiger partial charge in [-0.3, -0.25) is 14.0 Å². The van der Waals surface area contributed by atoms with Crippen molar-refractivity contribution in [2.24, 2.45) is 4.99 Å². The fraction of sp³-hybridized carbons (Fsp3) is 0.600. The number of nitrogens with zero attached hydrogens (tertiary/aromatic N) is 2. The number of guanidine groups is 1. The average molecular weight is 393 g/mol. The van der Waals surface area contributed by atoms with Gasteiger partial charge in [0.05, 0.1) is 10.8 Å². The molecule has 0 aliphatic carbocycles. The van der Waals surface area contributed by atoms with Crippen molar-refractivity contribution >= 4 is 22.7 Å². The van der Waals surface area contributed by atoms with Crippen molar-refractivity contribution in [3.8, 4) is 0 Å². The fourth-order valence-electron chi connectivity index (χ4n) is 3.02. The zero-order valence-electron chi connectivity index (χ0n) is 16.3. The SMILES string of the molecule is CCNC(=NCCCN1CCCCCC1=O)NCCS(=O)c1ccccc1. The van der Waals surface area contributed by atoms with E-state index in [0.29, 0.717) is 25.3 Å². The second kappa shape index (κ2) is 12.5. The molecule has 1 aromatic carbocycles. The Labute approximate surface area is 165 Å². The topological polar surface area (TPSA) is 73.8 Å². The number of carbonyl (C=O) groups excluding carboxylic acids is 1. The molecule has 7 heteroatoms. The molecule has 1 aromatic rings. The van der Waals surface area contributed by atoms with Crippen LogP contribution in [0.5, 0.6) is 0 Å². The van der Waals surface area contributed by atoms with E-state index < -0.39 is 10.8 Å². The summed E-state index contributed by atoms with van der Waals surface area (Å²) in [6, 6.07) is 9.51. The highest BCUT2D eigenvalue weighted by atomic mass is 32.2. The zero-order valence-corrected chi connectivity index (χ0v) is 17.1. The van der Waals surface area contributed by atoms with Crippen molar-refractivity contribution in [2.75, 3.05) is 38.5 Å². The van der Waals surface area contributed by atoms with E-state index in [2.05, 4.69) is 15.6 Å². The Kier molecular flexibility index (Phi) is 9.90. The fourth-order valence-corrected chi connectivity index (χ4v) is 4.01. The maximum atomic E-state index is 12.3. The van der Waals surface area contributed by atoms with E-state index >= 15 is 0 Å². The van der Waals surface area contributed by atoms with Gasteiger partial charge in [-0.05, 0) is 38.3 Å². The van der Waals surface area contributed by atoms with Gasteiger partial charge in [0.2, 0.25) is 5.91 Å². The summed E-state index contributed by atoms with van der Waals surface area (Å²) in [6.07, 6.45) is 4.83. The molecule has 1 aliphatic rings. The quantitative estimate of drug-likeness (QED) is 0.384. The van der Waals surface area contributed by atoms with Crippen LogP contribution in [0, 0.1) is 0 Å². The van der Waals surface area contributed by atoms with E-state index in [0.717, 1.165) is 56.2 Å². The summed E-state index contributed by atoms with van der Waals surface area (Å²) >= 11 is 0. The molecule has 1 unspecified atom stereocenters. The molecule has 1 atom stereocenters. The van der Waals surface area contributed by atoms with Gasteiger partial charge in [-0.25, -0.2) is 0 Å². The van der Waals surface area contributed by atoms with Crippen LogP contribution in [0.3, 0.4) is 0 Å². The number of rotatable bonds is 9. The van der Waals surface area contributed by atoms with E-state index in [1.807, 2.05) is 42.2 Å². The Morgan fingerprint density at radius 1 is 1.19 bits per heavy atom. The molecular weight excluding hydrogens is 360 g/mol. The van der Waals surface area contributed by atoms with Crippen molar-refractivity contribution < 1.29 is 9.00 Å². The minimum absolute atomic E-state index is 0.282. The standard InChI is InChI=1S/C20H32N4O2S/c1-2-21-20(23-14-17-27(26)18-10-5-3-6-11-18)22-13-9-16-24-15-8-4-7-12-19(24)25/h3,5-6,10-11H,2,4,7-9,12-17H2,1H3,(H2,21,22,23). The van der Waals surface area contributed by atoms with Crippen LogP contribution in [0.1, 0.15) is 39.0 Å². The molecule has 2 rings (SSSR count). The third-order valence-electron chi connectivity index (χ3n) is 4.46. The average Bonchev–Trinajstić information content (AvgIpc) is 2.90. The van der Waals surface area contributed by atoms with Gasteiger partial charge in [0, 0.05) is 49.8 Å². The normalized spacial score (nSPS) is 16.7. The number of amides is 1. The molecule has 0 radical (unpaired) electrons. The summed E-state index contributed by atoms with van der Waals surface area (Å²) in [5, 5.41) is 6.46. The van der Waals surface area contributed by atoms with Gasteiger partial charge in [-0.15, -0.1) is 0 Å². The Hall–Kier alpha value is -1.89. The molecule has 6 nitrogen and oxygen atoms in total. The molecule has 0 spiro atoms. The summed E-state index contributed by atoms with van der Waals surface area (Å²) in [7, 11) is -1.01. The molecular formula is C20H32N4O2S. The third kappa shape index (κ3) is 8.12. The van der Waals surface area contributed by atoms with E-state index in [9.17, 15) is 9.00 Å². The number of benzene rings is 1. The minimum atomic E-state index is -1.01. The van der Waals surface area contributed by atoms with Crippen LogP contribution >= 0.6 is 0 Å². The number of nitrogens with one attached hydrogen (secondary N) is 2. The predicted octanol–water partition coefficient (Wildman–Crippen LogP) is 2.14. The van der Waals surface area contributed by atoms with E-state index in [1.165, 1.54) is 0 Å². The number of hydrogen-bond acceptors (Lipinski definition) is 3. The lowest BCUT2D eigenvalue weighted by atomic mass is 10.2. The van der Waals surface area contributed by atoms with Gasteiger partial charge >= 0.3 is 0 Å². The molecule has 1 heterocycles. The molecule has 27 heavy (non-hydrogen) atoms. The maximum Gasteiger partial charge on any atom is 0.222 e. The van der Waals surface area contributed by atoms with Crippen LogP contribution in [0.15, 0.2) is 40.2 Å². The second-order valence-corrected chi connectivity index (χ2v) is 8.17. The molecule has 0 saturated carbocycles. The number of likely N-dealkylation sites (tertiary alicyclic amines) is 1. The molecule has 0 aromatic heterocycles. The van der Waals surface area contributed by atoms with E-state index in [-0.39, 0.29) is 5.91 Å². The van der Waals surface area contributed by atoms with Gasteiger partial charge in [0.15, 0.2) is 5.96 Å². The second-order valence-electron chi connectivity index (χ2n) is 6.60. The maximum absolute atomic E-state index is 12.3. The van der Waals surface area contributed by atoms with Crippen LogP contribution in [-0.2, 0) is 15.6 Å². The van der Waals surface area contributed by atoms with E-state index in [1.54, 1.807) is 0 Å². The van der Waals surface area contributed by atoms with Gasteiger partial charge in [0.1, 0.15) is 0 Å². The molecule has 1 aliphatic heterocycles. The monoisotopic (exact) mass is 392 g/mol. The first-order valence-corrected chi connectivity index (χ1v) is 11.3. The molecule has 1 saturated heterocycles. The zero-order chi connectivity index (χ0) is 19.3. The summed E-state index contributed by atoms with van der Waals surface area (Å²) in [6.45, 7) is 5.72. The molecule has 2 N–H and O–H groups in total. The summed E-state index contributed by atoms with van der Waals surface area (Å²) in [5.74, 6) is 1.56. The Balaban J connectivity index is 1.71. The van der Waals surface area contributed by atoms with Crippen LogP contribution in [0.2, 0.25) is 0 Å². The number of hydrogen-bond donors (Lipinski definition) is 2. The van der Waals surface area contributed by atoms with Crippen molar-refractivity contribution in [2.45, 2.75) is 43.9 Å². The van der Waals surface area contributed by atoms with Gasteiger partial charge < -0.3 is 15.5 Å². The lowest BCUT2D eigenvalue weighted by molar-refractivity contribution is -0.130. The molecule has 0 bridgehead atoms. The highest BCUT2D eigenvalue weighted by molar-refractivity contribution is 7.85. The molecule has 1 fully saturated rings. The van der Waals surface area contributed by atoms with Crippen LogP contribution < -0.4 is 10.6 Å². The first-order valence-electron chi connectivity index (χ1n) is 9.94. The first-order chi connectivity index (χ1) is 13.2. The van der Waals surface area contributed by atoms with Gasteiger partial charge in [0.25, 0.3) is 0 Å². The summed E-state index contributed by atoms with van der Waals surface area (Å²) < 4.78 is 12.3. The highest BCUT2D eigenvalue weighted by Gasteiger charge is 2.15. The molecule has 150 valence electrons. The van der Waals surface area contributed by atoms with Crippen molar-refractivity contribution in [1.82, 2.24) is 15.5 Å². The largest absolute Gasteiger partial charge is 0.357 e. The van der Waals surface area contributed by atoms with Crippen molar-refractivity contribution in [3.05, 3.63) is 30.3 Å². The number of aliphatic imine (C=N–C) groups is 1. The predicted molar refractivity (Wildman–Crippen MR) is 111 cm³/mol. The minimum Gasteiger partial charge on any atom is -0.357 e. The highest BCUT2D eigenvalue weighted by Crippen LogP contribution is 2.11. The lowest BCUT2D eigenvalue weighted by Gasteiger charge is -2.20. The van der Waals surface area contributed by atoms with Crippen LogP contribution in [0.25, 0.3) is 0 Å². The summed E-state index contributed by atoms with van der Waals surface area (Å²) in [4.78, 5) is 19.4. The van der Waals surface area contributed by atoms with E-state index in [4.69, 9.17) is 0 Å². The summed E-state index contributed by atoms with van der Waals surface area (Å²) in [5.41, 5.74) is 0. The van der Waals surface area contributed by atoms with Crippen molar-refractivity contribution in [3.63, 3.8) is 0 Å². The number of carbonyl (C=O) groups is 1. The Morgan fingerprint density at radius 2 is 2.00 bits per heavy atom. The Morgan fingerprint density at radius 3 is 2.78 bits per heavy atom. The molecule has 1 amide bonds. The lowest BCUT2D eigenvalue weighted by Crippen LogP contribution is -2.39.